The van der Waals surface area contributed by atoms with Gasteiger partial charge in [0.15, 0.2) is 0 Å². The predicted molar refractivity (Wildman–Crippen MR) is 101 cm³/mol. The molecule has 0 spiro atoms. The molecule has 0 radical (unpaired) electrons. The average molecular weight is 351 g/mol. The Labute approximate surface area is 153 Å². The van der Waals surface area contributed by atoms with E-state index in [1.54, 1.807) is 17.2 Å². The first-order valence-electron chi connectivity index (χ1n) is 8.87. The SMILES string of the molecule is CC(C)Cc1cc(C(=O)N[C@@H](Cn2ccnc2)c2ccccc2)n(C)n1. The van der Waals surface area contributed by atoms with Crippen molar-refractivity contribution in [1.29, 1.82) is 0 Å². The van der Waals surface area contributed by atoms with E-state index in [9.17, 15) is 4.79 Å². The molecule has 1 aromatic carbocycles. The number of amides is 1. The Bertz CT molecular complexity index is 836. The largest absolute Gasteiger partial charge is 0.342 e. The third-order valence-corrected chi connectivity index (χ3v) is 4.24. The van der Waals surface area contributed by atoms with Crippen molar-refractivity contribution in [3.05, 3.63) is 72.1 Å². The number of benzene rings is 1. The van der Waals surface area contributed by atoms with Crippen molar-refractivity contribution in [2.75, 3.05) is 0 Å². The molecule has 3 rings (SSSR count). The molecular formula is C20H25N5O. The van der Waals surface area contributed by atoms with Crippen molar-refractivity contribution in [2.24, 2.45) is 13.0 Å². The quantitative estimate of drug-likeness (QED) is 0.712. The second-order valence-electron chi connectivity index (χ2n) is 6.94. The molecule has 0 fully saturated rings. The minimum atomic E-state index is -0.152. The lowest BCUT2D eigenvalue weighted by Gasteiger charge is -2.19. The Kier molecular flexibility index (Phi) is 5.51. The van der Waals surface area contributed by atoms with Crippen molar-refractivity contribution >= 4 is 5.91 Å². The summed E-state index contributed by atoms with van der Waals surface area (Å²) in [5.41, 5.74) is 2.57. The zero-order valence-corrected chi connectivity index (χ0v) is 15.5. The molecular weight excluding hydrogens is 326 g/mol. The van der Waals surface area contributed by atoms with Crippen LogP contribution in [0.25, 0.3) is 0 Å². The lowest BCUT2D eigenvalue weighted by atomic mass is 10.1. The van der Waals surface area contributed by atoms with Gasteiger partial charge in [-0.05, 0) is 24.0 Å². The maximum absolute atomic E-state index is 12.9. The summed E-state index contributed by atoms with van der Waals surface area (Å²) in [7, 11) is 1.81. The molecule has 0 bridgehead atoms. The van der Waals surface area contributed by atoms with Gasteiger partial charge in [-0.15, -0.1) is 0 Å². The van der Waals surface area contributed by atoms with Crippen LogP contribution in [0.3, 0.4) is 0 Å². The number of hydrogen-bond donors (Lipinski definition) is 1. The van der Waals surface area contributed by atoms with Crippen LogP contribution >= 0.6 is 0 Å². The number of carbonyl (C=O) groups excluding carboxylic acids is 1. The third kappa shape index (κ3) is 4.39. The van der Waals surface area contributed by atoms with Crippen LogP contribution in [-0.2, 0) is 20.0 Å². The van der Waals surface area contributed by atoms with Crippen molar-refractivity contribution in [1.82, 2.24) is 24.6 Å². The minimum absolute atomic E-state index is 0.121. The molecule has 3 aromatic rings. The van der Waals surface area contributed by atoms with E-state index in [0.29, 0.717) is 18.2 Å². The molecule has 2 heterocycles. The van der Waals surface area contributed by atoms with E-state index in [1.165, 1.54) is 0 Å². The number of aromatic nitrogens is 4. The number of hydrogen-bond acceptors (Lipinski definition) is 3. The molecule has 6 heteroatoms. The van der Waals surface area contributed by atoms with Gasteiger partial charge in [-0.2, -0.15) is 5.10 Å². The molecule has 136 valence electrons. The summed E-state index contributed by atoms with van der Waals surface area (Å²) in [4.78, 5) is 17.0. The zero-order valence-electron chi connectivity index (χ0n) is 15.5. The number of nitrogens with one attached hydrogen (secondary N) is 1. The topological polar surface area (TPSA) is 64.7 Å². The van der Waals surface area contributed by atoms with Crippen LogP contribution in [0.5, 0.6) is 0 Å². The Morgan fingerprint density at radius 1 is 1.23 bits per heavy atom. The highest BCUT2D eigenvalue weighted by Crippen LogP contribution is 2.17. The molecule has 0 aliphatic heterocycles. The van der Waals surface area contributed by atoms with E-state index < -0.39 is 0 Å². The lowest BCUT2D eigenvalue weighted by Crippen LogP contribution is -2.32. The summed E-state index contributed by atoms with van der Waals surface area (Å²) < 4.78 is 3.62. The van der Waals surface area contributed by atoms with E-state index in [1.807, 2.05) is 54.2 Å². The second-order valence-corrected chi connectivity index (χ2v) is 6.94. The number of nitrogens with zero attached hydrogens (tertiary/aromatic N) is 4. The van der Waals surface area contributed by atoms with Gasteiger partial charge in [0.2, 0.25) is 0 Å². The van der Waals surface area contributed by atoms with Crippen molar-refractivity contribution < 1.29 is 4.79 Å². The van der Waals surface area contributed by atoms with Crippen LogP contribution in [0.2, 0.25) is 0 Å². The van der Waals surface area contributed by atoms with Gasteiger partial charge in [-0.25, -0.2) is 4.98 Å². The highest BCUT2D eigenvalue weighted by atomic mass is 16.2. The molecule has 2 aromatic heterocycles. The fourth-order valence-electron chi connectivity index (χ4n) is 3.01. The standard InChI is InChI=1S/C20H25N5O/c1-15(2)11-17-12-19(24(3)23-17)20(26)22-18(13-25-10-9-21-14-25)16-7-5-4-6-8-16/h4-10,12,14-15,18H,11,13H2,1-3H3,(H,22,26)/t18-/m0/s1. The Balaban J connectivity index is 1.80. The number of aryl methyl sites for hydroxylation is 1. The summed E-state index contributed by atoms with van der Waals surface area (Å²) in [6.07, 6.45) is 6.25. The van der Waals surface area contributed by atoms with Crippen molar-refractivity contribution in [3.8, 4) is 0 Å². The summed E-state index contributed by atoms with van der Waals surface area (Å²) >= 11 is 0. The predicted octanol–water partition coefficient (Wildman–Crippen LogP) is 2.99. The lowest BCUT2D eigenvalue weighted by molar-refractivity contribution is 0.0923. The fourth-order valence-corrected chi connectivity index (χ4v) is 3.01. The van der Waals surface area contributed by atoms with Gasteiger partial charge in [-0.1, -0.05) is 44.2 Å². The van der Waals surface area contributed by atoms with Gasteiger partial charge in [0, 0.05) is 26.0 Å². The minimum Gasteiger partial charge on any atom is -0.342 e. The summed E-state index contributed by atoms with van der Waals surface area (Å²) in [6.45, 7) is 4.91. The molecule has 0 aliphatic rings. The van der Waals surface area contributed by atoms with Crippen molar-refractivity contribution in [3.63, 3.8) is 0 Å². The molecule has 6 nitrogen and oxygen atoms in total. The van der Waals surface area contributed by atoms with E-state index in [4.69, 9.17) is 0 Å². The van der Waals surface area contributed by atoms with Crippen molar-refractivity contribution in [2.45, 2.75) is 32.9 Å². The molecule has 1 N–H and O–H groups in total. The second kappa shape index (κ2) is 7.99. The van der Waals surface area contributed by atoms with Gasteiger partial charge >= 0.3 is 0 Å². The summed E-state index contributed by atoms with van der Waals surface area (Å²) in [6, 6.07) is 11.7. The first kappa shape index (κ1) is 17.9. The van der Waals surface area contributed by atoms with Crippen LogP contribution < -0.4 is 5.32 Å². The fraction of sp³-hybridized carbons (Fsp3) is 0.350. The Hall–Kier alpha value is -2.89. The molecule has 0 saturated heterocycles. The van der Waals surface area contributed by atoms with Crippen LogP contribution in [0, 0.1) is 5.92 Å². The highest BCUT2D eigenvalue weighted by Gasteiger charge is 2.19. The Morgan fingerprint density at radius 2 is 2.00 bits per heavy atom. The Morgan fingerprint density at radius 3 is 2.65 bits per heavy atom. The molecule has 0 saturated carbocycles. The van der Waals surface area contributed by atoms with Crippen LogP contribution in [0.15, 0.2) is 55.1 Å². The number of imidazole rings is 1. The van der Waals surface area contributed by atoms with E-state index in [2.05, 4.69) is 29.2 Å². The van der Waals surface area contributed by atoms with Crippen LogP contribution in [0.4, 0.5) is 0 Å². The average Bonchev–Trinajstić information content (AvgIpc) is 3.24. The summed E-state index contributed by atoms with van der Waals surface area (Å²) in [5.74, 6) is 0.378. The van der Waals surface area contributed by atoms with Gasteiger partial charge in [0.25, 0.3) is 5.91 Å². The van der Waals surface area contributed by atoms with Gasteiger partial charge in [0.05, 0.1) is 18.1 Å². The van der Waals surface area contributed by atoms with E-state index in [-0.39, 0.29) is 11.9 Å². The van der Waals surface area contributed by atoms with Gasteiger partial charge in [-0.3, -0.25) is 9.48 Å². The first-order chi connectivity index (χ1) is 12.5. The molecule has 0 aliphatic carbocycles. The van der Waals surface area contributed by atoms with Gasteiger partial charge < -0.3 is 9.88 Å². The van der Waals surface area contributed by atoms with E-state index in [0.717, 1.165) is 17.7 Å². The smallest absolute Gasteiger partial charge is 0.270 e. The third-order valence-electron chi connectivity index (χ3n) is 4.24. The molecule has 1 amide bonds. The number of rotatable bonds is 7. The maximum Gasteiger partial charge on any atom is 0.270 e. The monoisotopic (exact) mass is 351 g/mol. The van der Waals surface area contributed by atoms with Gasteiger partial charge in [0.1, 0.15) is 5.69 Å². The maximum atomic E-state index is 12.9. The van der Waals surface area contributed by atoms with E-state index >= 15 is 0 Å². The molecule has 26 heavy (non-hydrogen) atoms. The normalized spacial score (nSPS) is 12.3. The van der Waals surface area contributed by atoms with Crippen LogP contribution in [-0.4, -0.2) is 25.2 Å². The number of carbonyl (C=O) groups is 1. The zero-order chi connectivity index (χ0) is 18.5. The first-order valence-corrected chi connectivity index (χ1v) is 8.87. The summed E-state index contributed by atoms with van der Waals surface area (Å²) in [5, 5.41) is 7.62. The molecule has 0 unspecified atom stereocenters. The highest BCUT2D eigenvalue weighted by molar-refractivity contribution is 5.93. The molecule has 1 atom stereocenters. The van der Waals surface area contributed by atoms with Crippen LogP contribution in [0.1, 0.15) is 41.6 Å².